The zero-order chi connectivity index (χ0) is 15.9. The molecule has 5 nitrogen and oxygen atoms in total. The Morgan fingerprint density at radius 2 is 1.95 bits per heavy atom. The molecule has 0 aromatic heterocycles. The van der Waals surface area contributed by atoms with E-state index in [1.165, 1.54) is 6.26 Å². The van der Waals surface area contributed by atoms with Crippen molar-refractivity contribution in [2.75, 3.05) is 32.3 Å². The normalized spacial score (nSPS) is 11.7. The van der Waals surface area contributed by atoms with E-state index in [9.17, 15) is 8.42 Å². The molecule has 120 valence electrons. The maximum atomic E-state index is 11.1. The minimum Gasteiger partial charge on any atom is -0.493 e. The molecule has 0 saturated carbocycles. The van der Waals surface area contributed by atoms with E-state index >= 15 is 0 Å². The summed E-state index contributed by atoms with van der Waals surface area (Å²) in [4.78, 5) is 0. The van der Waals surface area contributed by atoms with Gasteiger partial charge in [-0.25, -0.2) is 8.42 Å². The third kappa shape index (κ3) is 7.34. The lowest BCUT2D eigenvalue weighted by molar-refractivity contribution is 0.311. The smallest absolute Gasteiger partial charge is 0.161 e. The molecule has 0 bridgehead atoms. The highest BCUT2D eigenvalue weighted by atomic mass is 32.2. The molecule has 0 amide bonds. The first-order valence-electron chi connectivity index (χ1n) is 7.00. The van der Waals surface area contributed by atoms with Crippen LogP contribution in [0.5, 0.6) is 11.5 Å². The number of hydrogen-bond donors (Lipinski definition) is 1. The van der Waals surface area contributed by atoms with Crippen LogP contribution in [-0.2, 0) is 16.4 Å². The highest BCUT2D eigenvalue weighted by Crippen LogP contribution is 2.28. The lowest BCUT2D eigenvalue weighted by atomic mass is 10.2. The summed E-state index contributed by atoms with van der Waals surface area (Å²) < 4.78 is 33.0. The zero-order valence-electron chi connectivity index (χ0n) is 13.2. The van der Waals surface area contributed by atoms with Crippen molar-refractivity contribution < 1.29 is 17.9 Å². The van der Waals surface area contributed by atoms with Gasteiger partial charge in [-0.1, -0.05) is 19.9 Å². The van der Waals surface area contributed by atoms with E-state index in [1.807, 2.05) is 18.2 Å². The summed E-state index contributed by atoms with van der Waals surface area (Å²) in [5.74, 6) is 1.77. The van der Waals surface area contributed by atoms with E-state index < -0.39 is 9.84 Å². The first kappa shape index (κ1) is 17.8. The molecule has 1 aromatic rings. The van der Waals surface area contributed by atoms with Gasteiger partial charge < -0.3 is 14.8 Å². The maximum absolute atomic E-state index is 11.1. The van der Waals surface area contributed by atoms with Crippen molar-refractivity contribution >= 4 is 9.84 Å². The van der Waals surface area contributed by atoms with Gasteiger partial charge in [0.15, 0.2) is 21.3 Å². The molecule has 0 heterocycles. The second-order valence-corrected chi connectivity index (χ2v) is 7.75. The van der Waals surface area contributed by atoms with Gasteiger partial charge in [0.05, 0.1) is 12.9 Å². The van der Waals surface area contributed by atoms with Gasteiger partial charge in [0.25, 0.3) is 0 Å². The Morgan fingerprint density at radius 3 is 2.52 bits per heavy atom. The van der Waals surface area contributed by atoms with E-state index in [2.05, 4.69) is 19.2 Å². The first-order chi connectivity index (χ1) is 9.81. The van der Waals surface area contributed by atoms with Crippen LogP contribution in [0.4, 0.5) is 0 Å². The van der Waals surface area contributed by atoms with Crippen LogP contribution in [0.15, 0.2) is 18.2 Å². The number of sulfone groups is 1. The number of methoxy groups -OCH3 is 1. The Labute approximate surface area is 127 Å². The Morgan fingerprint density at radius 1 is 1.24 bits per heavy atom. The lowest BCUT2D eigenvalue weighted by Gasteiger charge is -2.13. The number of ether oxygens (including phenoxy) is 2. The summed E-state index contributed by atoms with van der Waals surface area (Å²) in [6.45, 7) is 6.11. The Balaban J connectivity index is 2.66. The van der Waals surface area contributed by atoms with Gasteiger partial charge in [-0.15, -0.1) is 0 Å². The van der Waals surface area contributed by atoms with Gasteiger partial charge in [-0.05, 0) is 30.2 Å². The minimum atomic E-state index is -3.03. The minimum absolute atomic E-state index is 0.00796. The van der Waals surface area contributed by atoms with Crippen molar-refractivity contribution in [1.29, 1.82) is 0 Å². The van der Waals surface area contributed by atoms with Crippen LogP contribution in [0.1, 0.15) is 19.4 Å². The van der Waals surface area contributed by atoms with Crippen LogP contribution in [0, 0.1) is 5.92 Å². The number of rotatable bonds is 9. The molecule has 1 rings (SSSR count). The second kappa shape index (κ2) is 8.24. The maximum Gasteiger partial charge on any atom is 0.161 e. The molecule has 1 N–H and O–H groups in total. The van der Waals surface area contributed by atoms with Gasteiger partial charge >= 0.3 is 0 Å². The number of nitrogens with one attached hydrogen (secondary N) is 1. The van der Waals surface area contributed by atoms with Crippen molar-refractivity contribution in [3.05, 3.63) is 23.8 Å². The third-order valence-electron chi connectivity index (χ3n) is 2.82. The van der Waals surface area contributed by atoms with Crippen molar-refractivity contribution in [2.24, 2.45) is 5.92 Å². The van der Waals surface area contributed by atoms with Crippen LogP contribution in [0.2, 0.25) is 0 Å². The molecule has 0 aliphatic heterocycles. The topological polar surface area (TPSA) is 64.6 Å². The molecule has 0 aliphatic carbocycles. The third-order valence-corrected chi connectivity index (χ3v) is 3.73. The van der Waals surface area contributed by atoms with Crippen LogP contribution < -0.4 is 14.8 Å². The van der Waals surface area contributed by atoms with Crippen molar-refractivity contribution in [3.8, 4) is 11.5 Å². The highest BCUT2D eigenvalue weighted by molar-refractivity contribution is 7.90. The predicted octanol–water partition coefficient (Wildman–Crippen LogP) is 1.86. The summed E-state index contributed by atoms with van der Waals surface area (Å²) >= 11 is 0. The molecule has 6 heteroatoms. The Bertz CT molecular complexity index is 541. The first-order valence-corrected chi connectivity index (χ1v) is 9.06. The lowest BCUT2D eigenvalue weighted by Crippen LogP contribution is -2.19. The van der Waals surface area contributed by atoms with Gasteiger partial charge in [0.1, 0.15) is 6.61 Å². The molecule has 0 aliphatic rings. The summed E-state index contributed by atoms with van der Waals surface area (Å²) in [6, 6.07) is 5.69. The summed E-state index contributed by atoms with van der Waals surface area (Å²) in [7, 11) is -1.46. The SMILES string of the molecule is COc1ccc(CNCC(C)C)cc1OCCS(C)(=O)=O. The summed E-state index contributed by atoms with van der Waals surface area (Å²) in [6.07, 6.45) is 1.19. The van der Waals surface area contributed by atoms with Crippen molar-refractivity contribution in [2.45, 2.75) is 20.4 Å². The average Bonchev–Trinajstić information content (AvgIpc) is 2.37. The van der Waals surface area contributed by atoms with Gasteiger partial charge in [-0.2, -0.15) is 0 Å². The van der Waals surface area contributed by atoms with Crippen LogP contribution in [0.25, 0.3) is 0 Å². The van der Waals surface area contributed by atoms with Gasteiger partial charge in [0.2, 0.25) is 0 Å². The van der Waals surface area contributed by atoms with Crippen LogP contribution in [-0.4, -0.2) is 40.7 Å². The molecule has 1 aromatic carbocycles. The quantitative estimate of drug-likeness (QED) is 0.753. The zero-order valence-corrected chi connectivity index (χ0v) is 14.0. The van der Waals surface area contributed by atoms with E-state index in [-0.39, 0.29) is 12.4 Å². The molecular formula is C15H25NO4S. The molecule has 0 radical (unpaired) electrons. The fraction of sp³-hybridized carbons (Fsp3) is 0.600. The summed E-state index contributed by atoms with van der Waals surface area (Å²) in [5, 5.41) is 3.35. The van der Waals surface area contributed by atoms with E-state index in [0.29, 0.717) is 17.4 Å². The molecule has 0 saturated heterocycles. The molecule has 0 spiro atoms. The number of benzene rings is 1. The Kier molecular flexibility index (Phi) is 6.98. The largest absolute Gasteiger partial charge is 0.493 e. The average molecular weight is 315 g/mol. The van der Waals surface area contributed by atoms with Gasteiger partial charge in [0, 0.05) is 12.8 Å². The van der Waals surface area contributed by atoms with E-state index in [4.69, 9.17) is 9.47 Å². The molecule has 0 atom stereocenters. The molecule has 21 heavy (non-hydrogen) atoms. The standard InChI is InChI=1S/C15H25NO4S/c1-12(2)10-16-11-13-5-6-14(19-3)15(9-13)20-7-8-21(4,17)18/h5-6,9,12,16H,7-8,10-11H2,1-4H3. The van der Waals surface area contributed by atoms with Crippen molar-refractivity contribution in [1.82, 2.24) is 5.32 Å². The second-order valence-electron chi connectivity index (χ2n) is 5.49. The van der Waals surface area contributed by atoms with E-state index in [0.717, 1.165) is 18.7 Å². The molecular weight excluding hydrogens is 290 g/mol. The molecule has 0 unspecified atom stereocenters. The fourth-order valence-electron chi connectivity index (χ4n) is 1.75. The van der Waals surface area contributed by atoms with Gasteiger partial charge in [-0.3, -0.25) is 0 Å². The van der Waals surface area contributed by atoms with Crippen LogP contribution in [0.3, 0.4) is 0 Å². The highest BCUT2D eigenvalue weighted by Gasteiger charge is 2.08. The monoisotopic (exact) mass is 315 g/mol. The van der Waals surface area contributed by atoms with Crippen LogP contribution >= 0.6 is 0 Å². The van der Waals surface area contributed by atoms with E-state index in [1.54, 1.807) is 7.11 Å². The number of hydrogen-bond acceptors (Lipinski definition) is 5. The molecule has 0 fully saturated rings. The summed E-state index contributed by atoms with van der Waals surface area (Å²) in [5.41, 5.74) is 1.07. The van der Waals surface area contributed by atoms with Crippen molar-refractivity contribution in [3.63, 3.8) is 0 Å². The predicted molar refractivity (Wildman–Crippen MR) is 84.7 cm³/mol. The Hall–Kier alpha value is -1.27. The fourth-order valence-corrected chi connectivity index (χ4v) is 2.14.